The molecule has 34 heavy (non-hydrogen) atoms. The number of hydrogen-bond acceptors (Lipinski definition) is 2. The van der Waals surface area contributed by atoms with Gasteiger partial charge >= 0.3 is 6.18 Å². The Morgan fingerprint density at radius 1 is 0.794 bits per heavy atom. The SMILES string of the molecule is FC(F)(F)c1cccc([C@@H]2c3cccn3CCCN2Cc2cccc(Oc3ccccc3)c2)c1. The summed E-state index contributed by atoms with van der Waals surface area (Å²) in [6.45, 7) is 2.20. The van der Waals surface area contributed by atoms with Crippen molar-refractivity contribution >= 4 is 0 Å². The number of halogens is 3. The lowest BCUT2D eigenvalue weighted by Crippen LogP contribution is -2.29. The minimum atomic E-state index is -4.38. The topological polar surface area (TPSA) is 17.4 Å². The summed E-state index contributed by atoms with van der Waals surface area (Å²) in [5.74, 6) is 1.49. The number of aryl methyl sites for hydroxylation is 1. The van der Waals surface area contributed by atoms with Gasteiger partial charge in [0.25, 0.3) is 0 Å². The highest BCUT2D eigenvalue weighted by Crippen LogP contribution is 2.37. The quantitative estimate of drug-likeness (QED) is 0.310. The normalized spacial score (nSPS) is 16.6. The second-order valence-electron chi connectivity index (χ2n) is 8.54. The van der Waals surface area contributed by atoms with Gasteiger partial charge in [0.2, 0.25) is 0 Å². The molecule has 1 aromatic heterocycles. The van der Waals surface area contributed by atoms with Gasteiger partial charge in [0, 0.05) is 31.5 Å². The Bertz CT molecular complexity index is 1250. The van der Waals surface area contributed by atoms with E-state index in [1.807, 2.05) is 72.9 Å². The van der Waals surface area contributed by atoms with Crippen molar-refractivity contribution in [3.05, 3.63) is 120 Å². The molecular formula is C28H25F3N2O. The second kappa shape index (κ2) is 9.39. The molecule has 0 fully saturated rings. The van der Waals surface area contributed by atoms with Gasteiger partial charge < -0.3 is 9.30 Å². The average molecular weight is 463 g/mol. The Balaban J connectivity index is 1.47. The summed E-state index contributed by atoms with van der Waals surface area (Å²) >= 11 is 0. The monoisotopic (exact) mass is 462 g/mol. The highest BCUT2D eigenvalue weighted by atomic mass is 19.4. The number of para-hydroxylation sites is 1. The Kier molecular flexibility index (Phi) is 6.16. The lowest BCUT2D eigenvalue weighted by molar-refractivity contribution is -0.137. The molecule has 0 saturated carbocycles. The fraction of sp³-hybridized carbons (Fsp3) is 0.214. The smallest absolute Gasteiger partial charge is 0.416 e. The summed E-state index contributed by atoms with van der Waals surface area (Å²) in [6.07, 6.45) is -1.46. The van der Waals surface area contributed by atoms with Crippen LogP contribution in [0.2, 0.25) is 0 Å². The van der Waals surface area contributed by atoms with Gasteiger partial charge in [-0.2, -0.15) is 13.2 Å². The van der Waals surface area contributed by atoms with E-state index in [0.717, 1.165) is 48.3 Å². The van der Waals surface area contributed by atoms with Gasteiger partial charge in [-0.25, -0.2) is 0 Å². The second-order valence-corrected chi connectivity index (χ2v) is 8.54. The van der Waals surface area contributed by atoms with Gasteiger partial charge in [0.1, 0.15) is 11.5 Å². The molecule has 1 atom stereocenters. The molecular weight excluding hydrogens is 437 g/mol. The molecule has 0 unspecified atom stereocenters. The number of alkyl halides is 3. The van der Waals surface area contributed by atoms with Crippen molar-refractivity contribution in [2.75, 3.05) is 6.54 Å². The molecule has 4 aromatic rings. The van der Waals surface area contributed by atoms with E-state index in [-0.39, 0.29) is 6.04 Å². The molecule has 0 radical (unpaired) electrons. The molecule has 6 heteroatoms. The van der Waals surface area contributed by atoms with E-state index >= 15 is 0 Å². The molecule has 1 aliphatic rings. The zero-order valence-electron chi connectivity index (χ0n) is 18.6. The van der Waals surface area contributed by atoms with E-state index in [4.69, 9.17) is 4.74 Å². The molecule has 1 aliphatic heterocycles. The summed E-state index contributed by atoms with van der Waals surface area (Å²) < 4.78 is 48.6. The van der Waals surface area contributed by atoms with Crippen LogP contribution < -0.4 is 4.74 Å². The van der Waals surface area contributed by atoms with Gasteiger partial charge in [-0.15, -0.1) is 0 Å². The molecule has 0 bridgehead atoms. The molecule has 2 heterocycles. The number of nitrogens with zero attached hydrogens (tertiary/aromatic N) is 2. The fourth-order valence-corrected chi connectivity index (χ4v) is 4.64. The molecule has 174 valence electrons. The molecule has 0 amide bonds. The molecule has 3 aromatic carbocycles. The van der Waals surface area contributed by atoms with E-state index in [0.29, 0.717) is 12.1 Å². The lowest BCUT2D eigenvalue weighted by Gasteiger charge is -2.31. The van der Waals surface area contributed by atoms with Crippen LogP contribution in [0.5, 0.6) is 11.5 Å². The number of fused-ring (bicyclic) bond motifs is 1. The standard InChI is InChI=1S/C28H25F3N2O/c29-28(30,31)23-10-5-9-22(19-23)27-26-14-6-15-32(26)16-7-17-33(27)20-21-8-4-13-25(18-21)34-24-11-2-1-3-12-24/h1-6,8-15,18-19,27H,7,16-17,20H2/t27-/m1/s1. The zero-order valence-corrected chi connectivity index (χ0v) is 18.6. The zero-order chi connectivity index (χ0) is 23.5. The highest BCUT2D eigenvalue weighted by molar-refractivity contribution is 5.36. The van der Waals surface area contributed by atoms with Crippen molar-refractivity contribution in [3.63, 3.8) is 0 Å². The summed E-state index contributed by atoms with van der Waals surface area (Å²) in [6, 6.07) is 26.9. The van der Waals surface area contributed by atoms with E-state index in [9.17, 15) is 13.2 Å². The maximum absolute atomic E-state index is 13.5. The van der Waals surface area contributed by atoms with Crippen molar-refractivity contribution in [2.24, 2.45) is 0 Å². The Morgan fingerprint density at radius 3 is 2.41 bits per heavy atom. The van der Waals surface area contributed by atoms with Crippen molar-refractivity contribution in [3.8, 4) is 11.5 Å². The third-order valence-electron chi connectivity index (χ3n) is 6.15. The van der Waals surface area contributed by atoms with Crippen LogP contribution in [-0.4, -0.2) is 16.0 Å². The first-order valence-electron chi connectivity index (χ1n) is 11.4. The Hall–Kier alpha value is -3.51. The maximum Gasteiger partial charge on any atom is 0.416 e. The average Bonchev–Trinajstić information content (AvgIpc) is 3.21. The highest BCUT2D eigenvalue weighted by Gasteiger charge is 2.33. The van der Waals surface area contributed by atoms with Crippen molar-refractivity contribution < 1.29 is 17.9 Å². The van der Waals surface area contributed by atoms with Crippen LogP contribution in [0, 0.1) is 0 Å². The number of rotatable bonds is 5. The number of ether oxygens (including phenoxy) is 1. The predicted octanol–water partition coefficient (Wildman–Crippen LogP) is 7.29. The molecule has 0 N–H and O–H groups in total. The van der Waals surface area contributed by atoms with Crippen molar-refractivity contribution in [2.45, 2.75) is 31.7 Å². The minimum absolute atomic E-state index is 0.279. The van der Waals surface area contributed by atoms with Crippen LogP contribution in [0.3, 0.4) is 0 Å². The van der Waals surface area contributed by atoms with Crippen molar-refractivity contribution in [1.29, 1.82) is 0 Å². The van der Waals surface area contributed by atoms with Gasteiger partial charge in [0.05, 0.1) is 11.6 Å². The van der Waals surface area contributed by atoms with E-state index in [2.05, 4.69) is 9.47 Å². The lowest BCUT2D eigenvalue weighted by atomic mass is 9.98. The van der Waals surface area contributed by atoms with Crippen LogP contribution in [0.1, 0.15) is 34.8 Å². The number of aromatic nitrogens is 1. The first-order valence-corrected chi connectivity index (χ1v) is 11.4. The largest absolute Gasteiger partial charge is 0.457 e. The first-order chi connectivity index (χ1) is 16.5. The van der Waals surface area contributed by atoms with Gasteiger partial charge in [0.15, 0.2) is 0 Å². The van der Waals surface area contributed by atoms with Gasteiger partial charge in [-0.05, 0) is 66.1 Å². The van der Waals surface area contributed by atoms with Crippen LogP contribution in [0.4, 0.5) is 13.2 Å². The Morgan fingerprint density at radius 2 is 1.59 bits per heavy atom. The van der Waals surface area contributed by atoms with E-state index in [1.54, 1.807) is 6.07 Å². The molecule has 0 aliphatic carbocycles. The Labute approximate surface area is 197 Å². The van der Waals surface area contributed by atoms with E-state index < -0.39 is 11.7 Å². The van der Waals surface area contributed by atoms with Gasteiger partial charge in [-0.3, -0.25) is 4.90 Å². The van der Waals surface area contributed by atoms with Crippen LogP contribution in [0.25, 0.3) is 0 Å². The summed E-state index contributed by atoms with van der Waals surface area (Å²) in [5.41, 5.74) is 2.08. The first kappa shape index (κ1) is 22.3. The molecule has 3 nitrogen and oxygen atoms in total. The van der Waals surface area contributed by atoms with Crippen LogP contribution in [0.15, 0.2) is 97.2 Å². The van der Waals surface area contributed by atoms with Crippen LogP contribution in [-0.2, 0) is 19.3 Å². The minimum Gasteiger partial charge on any atom is -0.457 e. The summed E-state index contributed by atoms with van der Waals surface area (Å²) in [4.78, 5) is 2.26. The summed E-state index contributed by atoms with van der Waals surface area (Å²) in [5, 5.41) is 0. The van der Waals surface area contributed by atoms with Crippen LogP contribution >= 0.6 is 0 Å². The van der Waals surface area contributed by atoms with Crippen molar-refractivity contribution in [1.82, 2.24) is 9.47 Å². The third-order valence-corrected chi connectivity index (χ3v) is 6.15. The number of hydrogen-bond donors (Lipinski definition) is 0. The predicted molar refractivity (Wildman–Crippen MR) is 126 cm³/mol. The maximum atomic E-state index is 13.5. The third kappa shape index (κ3) is 4.87. The molecule has 5 rings (SSSR count). The summed E-state index contributed by atoms with van der Waals surface area (Å²) in [7, 11) is 0. The van der Waals surface area contributed by atoms with Gasteiger partial charge in [-0.1, -0.05) is 42.5 Å². The number of benzene rings is 3. The molecule has 0 spiro atoms. The van der Waals surface area contributed by atoms with E-state index in [1.165, 1.54) is 12.1 Å². The molecule has 0 saturated heterocycles. The fourth-order valence-electron chi connectivity index (χ4n) is 4.64.